The Balaban J connectivity index is 2.55. The molecule has 2 aromatic carbocycles. The van der Waals surface area contributed by atoms with E-state index in [4.69, 9.17) is 5.73 Å². The lowest BCUT2D eigenvalue weighted by molar-refractivity contribution is 0.0698. The zero-order chi connectivity index (χ0) is 15.7. The number of nitrogen functional groups attached to an aromatic ring is 1. The van der Waals surface area contributed by atoms with Gasteiger partial charge in [0.1, 0.15) is 11.4 Å². The lowest BCUT2D eigenvalue weighted by atomic mass is 10.1. The van der Waals surface area contributed by atoms with Gasteiger partial charge >= 0.3 is 5.97 Å². The number of carbonyl (C=O) groups is 1. The number of carboxylic acids is 1. The summed E-state index contributed by atoms with van der Waals surface area (Å²) in [6.45, 7) is 3.79. The van der Waals surface area contributed by atoms with E-state index >= 15 is 0 Å². The number of nitrogens with one attached hydrogen (secondary N) is 1. The number of aryl methyl sites for hydroxylation is 2. The third-order valence-electron chi connectivity index (χ3n) is 3.16. The molecule has 21 heavy (non-hydrogen) atoms. The molecule has 0 fully saturated rings. The summed E-state index contributed by atoms with van der Waals surface area (Å²) in [5.41, 5.74) is 7.79. The van der Waals surface area contributed by atoms with E-state index in [0.717, 1.165) is 27.4 Å². The fraction of sp³-hybridized carbons (Fsp3) is 0.133. The van der Waals surface area contributed by atoms with Gasteiger partial charge in [0, 0.05) is 10.2 Å². The van der Waals surface area contributed by atoms with Crippen LogP contribution >= 0.6 is 15.9 Å². The van der Waals surface area contributed by atoms with Crippen molar-refractivity contribution in [2.45, 2.75) is 13.8 Å². The minimum absolute atomic E-state index is 0.259. The molecule has 4 N–H and O–H groups in total. The number of benzene rings is 2. The number of halogens is 2. The Morgan fingerprint density at radius 3 is 2.38 bits per heavy atom. The summed E-state index contributed by atoms with van der Waals surface area (Å²) < 4.78 is 14.4. The second-order valence-corrected chi connectivity index (χ2v) is 5.64. The molecular weight excluding hydrogens is 339 g/mol. The normalized spacial score (nSPS) is 10.5. The Kier molecular flexibility index (Phi) is 4.18. The van der Waals surface area contributed by atoms with Crippen LogP contribution in [0, 0.1) is 19.7 Å². The summed E-state index contributed by atoms with van der Waals surface area (Å²) in [4.78, 5) is 11.3. The topological polar surface area (TPSA) is 75.3 Å². The first-order valence-corrected chi connectivity index (χ1v) is 6.95. The molecule has 0 saturated heterocycles. The fourth-order valence-electron chi connectivity index (χ4n) is 2.17. The smallest absolute Gasteiger partial charge is 0.340 e. The van der Waals surface area contributed by atoms with E-state index in [-0.39, 0.29) is 16.9 Å². The molecule has 0 aliphatic carbocycles. The van der Waals surface area contributed by atoms with Crippen molar-refractivity contribution in [1.29, 1.82) is 0 Å². The van der Waals surface area contributed by atoms with Gasteiger partial charge in [-0.05, 0) is 49.2 Å². The first-order chi connectivity index (χ1) is 9.81. The number of aromatic carboxylic acids is 1. The van der Waals surface area contributed by atoms with Crippen LogP contribution in [0.25, 0.3) is 0 Å². The molecule has 0 amide bonds. The molecule has 0 aliphatic heterocycles. The maximum Gasteiger partial charge on any atom is 0.340 e. The molecule has 0 bridgehead atoms. The predicted octanol–water partition coefficient (Wildman–Crippen LogP) is 4.23. The molecule has 4 nitrogen and oxygen atoms in total. The standard InChI is InChI=1S/C15H14BrFN2O2/c1-7-5-9(16)6-8(2)14(7)19-11-4-3-10(17)13(18)12(11)15(20)21/h3-6,19H,18H2,1-2H3,(H,20,21). The van der Waals surface area contributed by atoms with Gasteiger partial charge in [-0.15, -0.1) is 0 Å². The third-order valence-corrected chi connectivity index (χ3v) is 3.62. The molecule has 110 valence electrons. The van der Waals surface area contributed by atoms with Crippen molar-refractivity contribution >= 4 is 39.0 Å². The second kappa shape index (κ2) is 5.73. The number of carboxylic acid groups (broad SMARTS) is 1. The molecule has 0 spiro atoms. The number of nitrogens with two attached hydrogens (primary N) is 1. The fourth-order valence-corrected chi connectivity index (χ4v) is 2.86. The molecule has 0 saturated carbocycles. The Hall–Kier alpha value is -2.08. The van der Waals surface area contributed by atoms with Gasteiger partial charge in [0.25, 0.3) is 0 Å². The number of hydrogen-bond donors (Lipinski definition) is 3. The van der Waals surface area contributed by atoms with Crippen LogP contribution in [0.4, 0.5) is 21.5 Å². The molecule has 0 aliphatic rings. The number of anilines is 3. The Labute approximate surface area is 129 Å². The Morgan fingerprint density at radius 1 is 1.29 bits per heavy atom. The predicted molar refractivity (Wildman–Crippen MR) is 84.7 cm³/mol. The van der Waals surface area contributed by atoms with E-state index in [1.54, 1.807) is 0 Å². The van der Waals surface area contributed by atoms with Gasteiger partial charge in [0.2, 0.25) is 0 Å². The van der Waals surface area contributed by atoms with E-state index < -0.39 is 11.8 Å². The van der Waals surface area contributed by atoms with Gasteiger partial charge in [-0.3, -0.25) is 0 Å². The van der Waals surface area contributed by atoms with Crippen LogP contribution < -0.4 is 11.1 Å². The SMILES string of the molecule is Cc1cc(Br)cc(C)c1Nc1ccc(F)c(N)c1C(=O)O. The molecule has 0 atom stereocenters. The van der Waals surface area contributed by atoms with Crippen molar-refractivity contribution in [2.24, 2.45) is 0 Å². The summed E-state index contributed by atoms with van der Waals surface area (Å²) in [7, 11) is 0. The minimum atomic E-state index is -1.28. The van der Waals surface area contributed by atoms with Crippen molar-refractivity contribution in [3.63, 3.8) is 0 Å². The lowest BCUT2D eigenvalue weighted by Crippen LogP contribution is -2.09. The maximum absolute atomic E-state index is 13.4. The van der Waals surface area contributed by atoms with Gasteiger partial charge < -0.3 is 16.2 Å². The van der Waals surface area contributed by atoms with Gasteiger partial charge in [-0.2, -0.15) is 0 Å². The van der Waals surface area contributed by atoms with E-state index in [9.17, 15) is 14.3 Å². The number of hydrogen-bond acceptors (Lipinski definition) is 3. The summed E-state index contributed by atoms with van der Waals surface area (Å²) in [5, 5.41) is 12.3. The monoisotopic (exact) mass is 352 g/mol. The van der Waals surface area contributed by atoms with Crippen molar-refractivity contribution < 1.29 is 14.3 Å². The zero-order valence-corrected chi connectivity index (χ0v) is 13.1. The van der Waals surface area contributed by atoms with Crippen molar-refractivity contribution in [3.8, 4) is 0 Å². The zero-order valence-electron chi connectivity index (χ0n) is 11.5. The summed E-state index contributed by atoms with van der Waals surface area (Å²) in [5.74, 6) is -2.02. The van der Waals surface area contributed by atoms with Gasteiger partial charge in [0.05, 0.1) is 11.4 Å². The highest BCUT2D eigenvalue weighted by Crippen LogP contribution is 2.32. The maximum atomic E-state index is 13.4. The van der Waals surface area contributed by atoms with Gasteiger partial charge in [-0.1, -0.05) is 15.9 Å². The van der Waals surface area contributed by atoms with Crippen molar-refractivity contribution in [2.75, 3.05) is 11.1 Å². The molecule has 0 heterocycles. The van der Waals surface area contributed by atoms with Gasteiger partial charge in [0.15, 0.2) is 0 Å². The molecule has 2 aromatic rings. The van der Waals surface area contributed by atoms with E-state index in [1.165, 1.54) is 6.07 Å². The lowest BCUT2D eigenvalue weighted by Gasteiger charge is -2.16. The largest absolute Gasteiger partial charge is 0.478 e. The number of rotatable bonds is 3. The molecule has 2 rings (SSSR count). The second-order valence-electron chi connectivity index (χ2n) is 4.73. The molecule has 0 unspecified atom stereocenters. The van der Waals surface area contributed by atoms with Crippen LogP contribution in [0.3, 0.4) is 0 Å². The highest BCUT2D eigenvalue weighted by Gasteiger charge is 2.18. The summed E-state index contributed by atoms with van der Waals surface area (Å²) in [6.07, 6.45) is 0. The van der Waals surface area contributed by atoms with Crippen LogP contribution in [0.1, 0.15) is 21.5 Å². The summed E-state index contributed by atoms with van der Waals surface area (Å²) >= 11 is 3.40. The first kappa shape index (κ1) is 15.3. The van der Waals surface area contributed by atoms with Crippen LogP contribution in [0.5, 0.6) is 0 Å². The molecule has 6 heteroatoms. The van der Waals surface area contributed by atoms with Crippen LogP contribution in [-0.4, -0.2) is 11.1 Å². The Bertz CT molecular complexity index is 709. The Morgan fingerprint density at radius 2 is 1.86 bits per heavy atom. The quantitative estimate of drug-likeness (QED) is 0.722. The van der Waals surface area contributed by atoms with E-state index in [1.807, 2.05) is 26.0 Å². The highest BCUT2D eigenvalue weighted by atomic mass is 79.9. The third kappa shape index (κ3) is 3.00. The van der Waals surface area contributed by atoms with Crippen molar-refractivity contribution in [3.05, 3.63) is 51.2 Å². The average Bonchev–Trinajstić information content (AvgIpc) is 2.37. The van der Waals surface area contributed by atoms with Crippen LogP contribution in [0.15, 0.2) is 28.7 Å². The molecule has 0 aromatic heterocycles. The van der Waals surface area contributed by atoms with Crippen LogP contribution in [-0.2, 0) is 0 Å². The van der Waals surface area contributed by atoms with Crippen molar-refractivity contribution in [1.82, 2.24) is 0 Å². The highest BCUT2D eigenvalue weighted by molar-refractivity contribution is 9.10. The first-order valence-electron chi connectivity index (χ1n) is 6.16. The summed E-state index contributed by atoms with van der Waals surface area (Å²) in [6, 6.07) is 6.33. The minimum Gasteiger partial charge on any atom is -0.478 e. The van der Waals surface area contributed by atoms with Gasteiger partial charge in [-0.25, -0.2) is 9.18 Å². The molecule has 0 radical (unpaired) electrons. The average molecular weight is 353 g/mol. The van der Waals surface area contributed by atoms with E-state index in [0.29, 0.717) is 0 Å². The molecular formula is C15H14BrFN2O2. The van der Waals surface area contributed by atoms with E-state index in [2.05, 4.69) is 21.2 Å². The van der Waals surface area contributed by atoms with Crippen LogP contribution in [0.2, 0.25) is 0 Å².